The van der Waals surface area contributed by atoms with Crippen LogP contribution in [-0.2, 0) is 0 Å². The summed E-state index contributed by atoms with van der Waals surface area (Å²) in [4.78, 5) is 0. The first kappa shape index (κ1) is 56.1. The Morgan fingerprint density at radius 3 is 0.976 bits per heavy atom. The molecule has 3 unspecified atom stereocenters. The van der Waals surface area contributed by atoms with Crippen LogP contribution in [0, 0.1) is 0 Å². The number of phenols is 4. The summed E-state index contributed by atoms with van der Waals surface area (Å²) in [6, 6.07) is 60.3. The highest BCUT2D eigenvalue weighted by Gasteiger charge is 2.34. The van der Waals surface area contributed by atoms with Crippen LogP contribution in [0.25, 0.3) is 0 Å². The Kier molecular flexibility index (Phi) is 16.6. The summed E-state index contributed by atoms with van der Waals surface area (Å²) in [5.41, 5.74) is 18.0. The standard InChI is InChI=1S/C80H88O4/c1-3-51(2)67-49-74(82)71-47-68(67)77(60-35-27-56(28-36-60)52-17-8-4-9-18-52)66-43-44-73(81)69(46-66)78(61-37-29-57(30-38-61)53-19-10-5-11-20-53)64-25-16-26-65(45-64)79(62-39-31-58(32-40-62)54-21-12-6-13-22-54)70-48-72(76(84)50-75(70)83)80(71)63-41-33-59(34-42-63)55-23-14-7-15-24-55/h16,25-55,77-84H,3-15,17-24H2,1-2H3/t51?,77-,78-,79?,80?/m1/s1. The average molecular weight is 1110 g/mol. The third-order valence-corrected chi connectivity index (χ3v) is 21.5. The second-order valence-corrected chi connectivity index (χ2v) is 26.5. The number of phenolic OH excluding ortho intramolecular Hbond substituents is 4. The molecule has 84 heavy (non-hydrogen) atoms. The fourth-order valence-corrected chi connectivity index (χ4v) is 16.5. The van der Waals surface area contributed by atoms with Gasteiger partial charge in [0, 0.05) is 52.0 Å². The van der Waals surface area contributed by atoms with E-state index in [0.29, 0.717) is 40.4 Å². The molecule has 0 heterocycles. The van der Waals surface area contributed by atoms with E-state index in [4.69, 9.17) is 0 Å². The van der Waals surface area contributed by atoms with E-state index in [1.54, 1.807) is 6.07 Å². The second kappa shape index (κ2) is 24.9. The zero-order valence-electron chi connectivity index (χ0n) is 49.9. The van der Waals surface area contributed by atoms with Crippen LogP contribution < -0.4 is 0 Å². The molecule has 0 aliphatic heterocycles. The number of fused-ring (bicyclic) bond motifs is 8. The minimum atomic E-state index is -0.617. The molecule has 13 rings (SSSR count). The SMILES string of the molecule is CCC(C)c1cc(O)c2cc1[C@H](c1ccc(C3CCCCC3)cc1)c1ccc(O)c(c1)[C@H](c1ccc(C3CCCCC3)cc1)c1cccc(c1)C(c1ccc(C3CCCCC3)cc1)c1cc(c(O)cc1O)C2c1ccc(C2CCCCC2)cc1. The summed E-state index contributed by atoms with van der Waals surface area (Å²) < 4.78 is 0. The van der Waals surface area contributed by atoms with Gasteiger partial charge in [0.25, 0.3) is 0 Å². The maximum absolute atomic E-state index is 13.0. The summed E-state index contributed by atoms with van der Waals surface area (Å²) in [6.45, 7) is 4.51. The summed E-state index contributed by atoms with van der Waals surface area (Å²) in [6.07, 6.45) is 25.8. The molecule has 5 aliphatic rings. The van der Waals surface area contributed by atoms with Crippen molar-refractivity contribution in [1.29, 1.82) is 0 Å². The van der Waals surface area contributed by atoms with E-state index in [1.165, 1.54) is 151 Å². The maximum atomic E-state index is 13.0. The van der Waals surface area contributed by atoms with Gasteiger partial charge in [0.05, 0.1) is 0 Å². The number of hydrogen-bond donors (Lipinski definition) is 4. The summed E-state index contributed by atoms with van der Waals surface area (Å²) in [7, 11) is 0. The Morgan fingerprint density at radius 1 is 0.286 bits per heavy atom. The monoisotopic (exact) mass is 1110 g/mol. The highest BCUT2D eigenvalue weighted by molar-refractivity contribution is 5.64. The van der Waals surface area contributed by atoms with Crippen molar-refractivity contribution in [2.24, 2.45) is 0 Å². The fourth-order valence-electron chi connectivity index (χ4n) is 16.5. The van der Waals surface area contributed by atoms with Gasteiger partial charge in [0.1, 0.15) is 23.0 Å². The topological polar surface area (TPSA) is 80.9 Å². The summed E-state index contributed by atoms with van der Waals surface area (Å²) in [5, 5.41) is 51.0. The smallest absolute Gasteiger partial charge is 0.123 e. The second-order valence-electron chi connectivity index (χ2n) is 26.5. The van der Waals surface area contributed by atoms with Crippen LogP contribution in [0.1, 0.15) is 297 Å². The van der Waals surface area contributed by atoms with Crippen LogP contribution >= 0.6 is 0 Å². The van der Waals surface area contributed by atoms with E-state index in [2.05, 4.69) is 159 Å². The Balaban J connectivity index is 1.08. The van der Waals surface area contributed by atoms with E-state index in [0.717, 1.165) is 62.1 Å². The van der Waals surface area contributed by atoms with Crippen molar-refractivity contribution in [3.8, 4) is 23.0 Å². The van der Waals surface area contributed by atoms with Crippen molar-refractivity contribution in [1.82, 2.24) is 0 Å². The van der Waals surface area contributed by atoms with Crippen LogP contribution in [0.4, 0.5) is 0 Å². The van der Waals surface area contributed by atoms with Crippen LogP contribution in [0.2, 0.25) is 0 Å². The molecular formula is C80H88O4. The lowest BCUT2D eigenvalue weighted by Gasteiger charge is -2.31. The van der Waals surface area contributed by atoms with Crippen molar-refractivity contribution in [2.75, 3.05) is 0 Å². The molecule has 0 saturated heterocycles. The quantitative estimate of drug-likeness (QED) is 0.110. The largest absolute Gasteiger partial charge is 0.508 e. The Morgan fingerprint density at radius 2 is 0.583 bits per heavy atom. The van der Waals surface area contributed by atoms with Gasteiger partial charge >= 0.3 is 0 Å². The van der Waals surface area contributed by atoms with Gasteiger partial charge in [-0.3, -0.25) is 0 Å². The predicted molar refractivity (Wildman–Crippen MR) is 344 cm³/mol. The van der Waals surface area contributed by atoms with Gasteiger partial charge in [-0.1, -0.05) is 224 Å². The van der Waals surface area contributed by atoms with Crippen molar-refractivity contribution in [3.05, 3.63) is 258 Å². The lowest BCUT2D eigenvalue weighted by atomic mass is 9.73. The van der Waals surface area contributed by atoms with Crippen LogP contribution in [-0.4, -0.2) is 20.4 Å². The highest BCUT2D eigenvalue weighted by Crippen LogP contribution is 2.52. The Bertz CT molecular complexity index is 3530. The summed E-state index contributed by atoms with van der Waals surface area (Å²) in [5.74, 6) is 0.975. The van der Waals surface area contributed by atoms with E-state index in [-0.39, 0.29) is 40.8 Å². The molecule has 0 amide bonds. The van der Waals surface area contributed by atoms with Gasteiger partial charge in [-0.25, -0.2) is 0 Å². The number of aromatic hydroxyl groups is 4. The van der Waals surface area contributed by atoms with Gasteiger partial charge in [0.15, 0.2) is 0 Å². The molecule has 0 radical (unpaired) electrons. The lowest BCUT2D eigenvalue weighted by molar-refractivity contribution is 0.438. The minimum absolute atomic E-state index is 0.0133. The predicted octanol–water partition coefficient (Wildman–Crippen LogP) is 21.2. The number of benzene rings is 8. The van der Waals surface area contributed by atoms with Crippen LogP contribution in [0.5, 0.6) is 23.0 Å². The molecular weight excluding hydrogens is 1020 g/mol. The first-order valence-electron chi connectivity index (χ1n) is 32.9. The van der Waals surface area contributed by atoms with Gasteiger partial charge in [0.2, 0.25) is 0 Å². The molecule has 0 spiro atoms. The van der Waals surface area contributed by atoms with Crippen molar-refractivity contribution >= 4 is 0 Å². The molecule has 4 saturated carbocycles. The molecule has 8 aromatic rings. The minimum Gasteiger partial charge on any atom is -0.508 e. The maximum Gasteiger partial charge on any atom is 0.123 e. The van der Waals surface area contributed by atoms with E-state index in [1.807, 2.05) is 12.1 Å². The van der Waals surface area contributed by atoms with Crippen molar-refractivity contribution in [3.63, 3.8) is 0 Å². The van der Waals surface area contributed by atoms with Gasteiger partial charge < -0.3 is 20.4 Å². The molecule has 8 aromatic carbocycles. The van der Waals surface area contributed by atoms with E-state index < -0.39 is 11.8 Å². The van der Waals surface area contributed by atoms with E-state index in [9.17, 15) is 20.4 Å². The van der Waals surface area contributed by atoms with Gasteiger partial charge in [-0.2, -0.15) is 0 Å². The third-order valence-electron chi connectivity index (χ3n) is 21.5. The molecule has 0 aromatic heterocycles. The zero-order chi connectivity index (χ0) is 57.3. The molecule has 5 atom stereocenters. The normalized spacial score (nSPS) is 21.5. The lowest BCUT2D eigenvalue weighted by Crippen LogP contribution is -2.14. The molecule has 432 valence electrons. The molecule has 4 N–H and O–H groups in total. The number of rotatable bonds is 10. The first-order valence-corrected chi connectivity index (χ1v) is 32.9. The van der Waals surface area contributed by atoms with Gasteiger partial charge in [-0.05, 0) is 184 Å². The molecule has 4 nitrogen and oxygen atoms in total. The number of hydrogen-bond acceptors (Lipinski definition) is 4. The Labute approximate surface area is 501 Å². The van der Waals surface area contributed by atoms with Crippen molar-refractivity contribution in [2.45, 2.75) is 202 Å². The Hall–Kier alpha value is -7.04. The summed E-state index contributed by atoms with van der Waals surface area (Å²) >= 11 is 0. The third kappa shape index (κ3) is 11.4. The average Bonchev–Trinajstić information content (AvgIpc) is 2.52. The molecule has 4 fully saturated rings. The highest BCUT2D eigenvalue weighted by atomic mass is 16.3. The van der Waals surface area contributed by atoms with Crippen LogP contribution in [0.3, 0.4) is 0 Å². The van der Waals surface area contributed by atoms with Crippen LogP contribution in [0.15, 0.2) is 164 Å². The van der Waals surface area contributed by atoms with E-state index >= 15 is 0 Å². The zero-order valence-corrected chi connectivity index (χ0v) is 49.9. The molecule has 5 aliphatic carbocycles. The van der Waals surface area contributed by atoms with Crippen molar-refractivity contribution < 1.29 is 20.4 Å². The van der Waals surface area contributed by atoms with Gasteiger partial charge in [-0.15, -0.1) is 0 Å². The fraction of sp³-hybridized carbons (Fsp3) is 0.400. The molecule has 4 heteroatoms. The molecule has 8 bridgehead atoms. The first-order chi connectivity index (χ1) is 41.2.